The topological polar surface area (TPSA) is 110 Å². The standard InChI is InChI=1S/C24H32N4O5/c1-26-15-20(29)22-18(11-12-21(30)31)23(32)27(17-9-5-6-10-17)14-19(22)28(26)24(33)25-13-16-7-3-2-4-8-16/h2-4,7-8,17-19,22H,5-6,9-15H2,1H3,(H,25,33)(H,30,31)/t18-,19+,22?/m1/s1. The van der Waals surface area contributed by atoms with E-state index in [0.29, 0.717) is 13.1 Å². The van der Waals surface area contributed by atoms with Crippen LogP contribution in [0.2, 0.25) is 0 Å². The molecule has 3 amide bonds. The van der Waals surface area contributed by atoms with E-state index in [2.05, 4.69) is 5.32 Å². The predicted octanol–water partition coefficient (Wildman–Crippen LogP) is 1.88. The van der Waals surface area contributed by atoms with Crippen molar-refractivity contribution in [2.45, 2.75) is 57.2 Å². The largest absolute Gasteiger partial charge is 0.481 e. The lowest BCUT2D eigenvalue weighted by Crippen LogP contribution is -2.71. The molecule has 2 aliphatic heterocycles. The lowest BCUT2D eigenvalue weighted by molar-refractivity contribution is -0.169. The number of fused-ring (bicyclic) bond motifs is 1. The molecule has 1 saturated carbocycles. The molecule has 3 aliphatic rings. The number of carbonyl (C=O) groups is 4. The van der Waals surface area contributed by atoms with E-state index in [-0.39, 0.29) is 43.1 Å². The normalized spacial score (nSPS) is 26.4. The molecule has 1 aliphatic carbocycles. The number of hydrogen-bond donors (Lipinski definition) is 2. The van der Waals surface area contributed by atoms with Gasteiger partial charge in [0, 0.05) is 32.6 Å². The molecule has 1 aromatic carbocycles. The number of carboxylic acid groups (broad SMARTS) is 1. The highest BCUT2D eigenvalue weighted by atomic mass is 16.4. The van der Waals surface area contributed by atoms with Crippen molar-refractivity contribution in [2.24, 2.45) is 11.8 Å². The quantitative estimate of drug-likeness (QED) is 0.676. The van der Waals surface area contributed by atoms with Crippen molar-refractivity contribution >= 4 is 23.7 Å². The first-order valence-electron chi connectivity index (χ1n) is 11.7. The number of likely N-dealkylation sites (tertiary alicyclic amines) is 1. The Bertz CT molecular complexity index is 901. The Morgan fingerprint density at radius 3 is 2.48 bits per heavy atom. The summed E-state index contributed by atoms with van der Waals surface area (Å²) in [5, 5.41) is 15.4. The van der Waals surface area contributed by atoms with Crippen molar-refractivity contribution in [1.82, 2.24) is 20.2 Å². The van der Waals surface area contributed by atoms with Gasteiger partial charge in [-0.25, -0.2) is 9.80 Å². The second-order valence-electron chi connectivity index (χ2n) is 9.33. The van der Waals surface area contributed by atoms with Crippen molar-refractivity contribution < 1.29 is 24.3 Å². The third-order valence-corrected chi connectivity index (χ3v) is 7.20. The number of Topliss-reactive ketones (excluding diaryl/α,β-unsaturated/α-hetero) is 1. The second-order valence-corrected chi connectivity index (χ2v) is 9.33. The molecule has 0 bridgehead atoms. The summed E-state index contributed by atoms with van der Waals surface area (Å²) in [4.78, 5) is 52.9. The van der Waals surface area contributed by atoms with Crippen LogP contribution in [0.25, 0.3) is 0 Å². The van der Waals surface area contributed by atoms with Crippen LogP contribution in [0.3, 0.4) is 0 Å². The molecule has 33 heavy (non-hydrogen) atoms. The van der Waals surface area contributed by atoms with Gasteiger partial charge in [-0.05, 0) is 24.8 Å². The lowest BCUT2D eigenvalue weighted by Gasteiger charge is -2.53. The molecule has 0 spiro atoms. The SMILES string of the molecule is CN1CC(=O)C2[C@@H](CCC(=O)O)C(=O)N(C3CCCC3)C[C@@H]2N1C(=O)NCc1ccccc1. The molecule has 0 radical (unpaired) electrons. The maximum atomic E-state index is 13.4. The molecule has 178 valence electrons. The summed E-state index contributed by atoms with van der Waals surface area (Å²) < 4.78 is 0. The summed E-state index contributed by atoms with van der Waals surface area (Å²) in [5.41, 5.74) is 0.962. The Balaban J connectivity index is 1.59. The van der Waals surface area contributed by atoms with Crippen LogP contribution in [-0.4, -0.2) is 75.9 Å². The van der Waals surface area contributed by atoms with E-state index in [1.807, 2.05) is 35.2 Å². The van der Waals surface area contributed by atoms with Gasteiger partial charge in [0.15, 0.2) is 5.78 Å². The highest BCUT2D eigenvalue weighted by molar-refractivity contribution is 5.94. The van der Waals surface area contributed by atoms with Gasteiger partial charge in [-0.1, -0.05) is 43.2 Å². The Kier molecular flexibility index (Phi) is 6.97. The zero-order chi connectivity index (χ0) is 23.5. The van der Waals surface area contributed by atoms with Gasteiger partial charge in [-0.15, -0.1) is 0 Å². The number of ketones is 1. The van der Waals surface area contributed by atoms with E-state index in [9.17, 15) is 24.3 Å². The number of nitrogens with zero attached hydrogens (tertiary/aromatic N) is 3. The summed E-state index contributed by atoms with van der Waals surface area (Å²) in [6, 6.07) is 8.83. The molecule has 3 fully saturated rings. The van der Waals surface area contributed by atoms with Crippen LogP contribution in [0.1, 0.15) is 44.1 Å². The molecular weight excluding hydrogens is 424 g/mol. The smallest absolute Gasteiger partial charge is 0.332 e. The summed E-state index contributed by atoms with van der Waals surface area (Å²) >= 11 is 0. The van der Waals surface area contributed by atoms with Crippen LogP contribution in [-0.2, 0) is 20.9 Å². The van der Waals surface area contributed by atoms with Gasteiger partial charge in [0.1, 0.15) is 0 Å². The van der Waals surface area contributed by atoms with Crippen LogP contribution < -0.4 is 5.32 Å². The van der Waals surface area contributed by atoms with Gasteiger partial charge >= 0.3 is 12.0 Å². The molecule has 2 heterocycles. The number of carboxylic acids is 1. The first-order chi connectivity index (χ1) is 15.9. The van der Waals surface area contributed by atoms with Crippen LogP contribution in [0.15, 0.2) is 30.3 Å². The molecule has 1 unspecified atom stereocenters. The fraction of sp³-hybridized carbons (Fsp3) is 0.583. The van der Waals surface area contributed by atoms with Crippen molar-refractivity contribution in [2.75, 3.05) is 20.1 Å². The van der Waals surface area contributed by atoms with Crippen molar-refractivity contribution in [3.05, 3.63) is 35.9 Å². The first kappa shape index (κ1) is 23.2. The fourth-order valence-electron chi connectivity index (χ4n) is 5.66. The third kappa shape index (κ3) is 4.88. The van der Waals surface area contributed by atoms with Gasteiger partial charge in [0.2, 0.25) is 5.91 Å². The number of rotatable bonds is 6. The van der Waals surface area contributed by atoms with E-state index < -0.39 is 23.8 Å². The predicted molar refractivity (Wildman–Crippen MR) is 120 cm³/mol. The summed E-state index contributed by atoms with van der Waals surface area (Å²) in [6.07, 6.45) is 3.82. The van der Waals surface area contributed by atoms with Crippen molar-refractivity contribution in [1.29, 1.82) is 0 Å². The molecule has 2 N–H and O–H groups in total. The Morgan fingerprint density at radius 1 is 1.12 bits per heavy atom. The summed E-state index contributed by atoms with van der Waals surface area (Å²) in [7, 11) is 1.71. The molecule has 1 aromatic rings. The average molecular weight is 457 g/mol. The number of carbonyl (C=O) groups excluding carboxylic acids is 3. The third-order valence-electron chi connectivity index (χ3n) is 7.20. The van der Waals surface area contributed by atoms with Gasteiger partial charge in [-0.3, -0.25) is 19.4 Å². The van der Waals surface area contributed by atoms with E-state index in [0.717, 1.165) is 31.2 Å². The van der Waals surface area contributed by atoms with Crippen molar-refractivity contribution in [3.8, 4) is 0 Å². The molecule has 9 heteroatoms. The van der Waals surface area contributed by atoms with Gasteiger partial charge < -0.3 is 15.3 Å². The van der Waals surface area contributed by atoms with Gasteiger partial charge in [0.05, 0.1) is 24.4 Å². The van der Waals surface area contributed by atoms with Crippen LogP contribution in [0.4, 0.5) is 4.79 Å². The van der Waals surface area contributed by atoms with Crippen molar-refractivity contribution in [3.63, 3.8) is 0 Å². The Labute approximate surface area is 193 Å². The highest BCUT2D eigenvalue weighted by Crippen LogP contribution is 2.38. The highest BCUT2D eigenvalue weighted by Gasteiger charge is 2.54. The Morgan fingerprint density at radius 2 is 1.82 bits per heavy atom. The second kappa shape index (κ2) is 9.91. The zero-order valence-electron chi connectivity index (χ0n) is 19.0. The molecule has 3 atom stereocenters. The van der Waals surface area contributed by atoms with Gasteiger partial charge in [0.25, 0.3) is 0 Å². The van der Waals surface area contributed by atoms with Gasteiger partial charge in [-0.2, -0.15) is 0 Å². The zero-order valence-corrected chi connectivity index (χ0v) is 19.0. The van der Waals surface area contributed by atoms with Crippen LogP contribution in [0, 0.1) is 11.8 Å². The minimum atomic E-state index is -0.991. The minimum Gasteiger partial charge on any atom is -0.481 e. The molecule has 2 saturated heterocycles. The number of piperidine rings is 1. The number of nitrogens with one attached hydrogen (secondary N) is 1. The first-order valence-corrected chi connectivity index (χ1v) is 11.7. The average Bonchev–Trinajstić information content (AvgIpc) is 3.32. The van der Waals surface area contributed by atoms with Crippen LogP contribution in [0.5, 0.6) is 0 Å². The number of hydrazine groups is 1. The van der Waals surface area contributed by atoms with E-state index in [1.165, 1.54) is 0 Å². The van der Waals surface area contributed by atoms with E-state index in [4.69, 9.17) is 0 Å². The lowest BCUT2D eigenvalue weighted by atomic mass is 9.74. The summed E-state index contributed by atoms with van der Waals surface area (Å²) in [6.45, 7) is 0.663. The number of benzene rings is 1. The Hall–Kier alpha value is -2.94. The molecule has 4 rings (SSSR count). The number of likely N-dealkylation sites (N-methyl/N-ethyl adjacent to an activating group) is 1. The molecule has 9 nitrogen and oxygen atoms in total. The van der Waals surface area contributed by atoms with Crippen LogP contribution >= 0.6 is 0 Å². The number of aliphatic carboxylic acids is 1. The number of hydrogen-bond acceptors (Lipinski definition) is 5. The number of amides is 3. The van der Waals surface area contributed by atoms with E-state index >= 15 is 0 Å². The maximum absolute atomic E-state index is 13.4. The minimum absolute atomic E-state index is 0.0141. The molecular formula is C24H32N4O5. The maximum Gasteiger partial charge on any atom is 0.332 e. The fourth-order valence-corrected chi connectivity index (χ4v) is 5.66. The molecule has 0 aromatic heterocycles. The monoisotopic (exact) mass is 456 g/mol. The van der Waals surface area contributed by atoms with E-state index in [1.54, 1.807) is 17.1 Å². The number of urea groups is 1. The summed E-state index contributed by atoms with van der Waals surface area (Å²) in [5.74, 6) is -2.63.